The lowest BCUT2D eigenvalue weighted by atomic mass is 9.57. The second-order valence-corrected chi connectivity index (χ2v) is 14.6. The number of benzene rings is 3. The second kappa shape index (κ2) is 12.5. The maximum Gasteiger partial charge on any atom is 0.213 e. The molecule has 4 nitrogen and oxygen atoms in total. The van der Waals surface area contributed by atoms with Gasteiger partial charge in [0.1, 0.15) is 0 Å². The molecule has 3 unspecified atom stereocenters. The molecule has 0 aliphatic carbocycles. The lowest BCUT2D eigenvalue weighted by Crippen LogP contribution is -2.58. The minimum Gasteiger partial charge on any atom is -0.467 e. The van der Waals surface area contributed by atoms with Crippen molar-refractivity contribution < 1.29 is 9.47 Å². The zero-order chi connectivity index (χ0) is 34.5. The third-order valence-electron chi connectivity index (χ3n) is 10.4. The molecule has 5 rings (SSSR count). The Morgan fingerprint density at radius 2 is 1.43 bits per heavy atom. The maximum atomic E-state index is 6.68. The Bertz CT molecular complexity index is 1860. The molecule has 0 bridgehead atoms. The van der Waals surface area contributed by atoms with Crippen LogP contribution in [-0.2, 0) is 14.9 Å². The van der Waals surface area contributed by atoms with Crippen LogP contribution in [0.15, 0.2) is 78.7 Å². The van der Waals surface area contributed by atoms with Crippen molar-refractivity contribution in [1.29, 1.82) is 0 Å². The van der Waals surface area contributed by atoms with Crippen LogP contribution in [0.2, 0.25) is 0 Å². The molecular weight excluding hydrogens is 576 g/mol. The van der Waals surface area contributed by atoms with Crippen LogP contribution in [0.1, 0.15) is 87.4 Å². The molecule has 0 radical (unpaired) electrons. The molecule has 0 spiro atoms. The third kappa shape index (κ3) is 6.09. The van der Waals surface area contributed by atoms with Gasteiger partial charge in [-0.2, -0.15) is 0 Å². The van der Waals surface area contributed by atoms with Crippen LogP contribution < -0.4 is 0 Å². The van der Waals surface area contributed by atoms with Gasteiger partial charge in [0.15, 0.2) is 0 Å². The van der Waals surface area contributed by atoms with Crippen molar-refractivity contribution in [1.82, 2.24) is 9.97 Å². The summed E-state index contributed by atoms with van der Waals surface area (Å²) < 4.78 is 13.3. The summed E-state index contributed by atoms with van der Waals surface area (Å²) in [7, 11) is 0. The molecule has 4 heteroatoms. The summed E-state index contributed by atoms with van der Waals surface area (Å²) in [6.07, 6.45) is 8.40. The first-order valence-electron chi connectivity index (χ1n) is 16.8. The average molecular weight is 629 g/mol. The van der Waals surface area contributed by atoms with E-state index in [1.54, 1.807) is 0 Å². The van der Waals surface area contributed by atoms with Crippen LogP contribution in [0.25, 0.3) is 33.8 Å². The first-order valence-corrected chi connectivity index (χ1v) is 16.8. The minimum atomic E-state index is -0.900. The molecule has 0 N–H and O–H groups in total. The van der Waals surface area contributed by atoms with E-state index in [0.717, 1.165) is 39.5 Å². The molecule has 4 aromatic rings. The molecular formula is C43H52N2O2. The van der Waals surface area contributed by atoms with Gasteiger partial charge in [-0.25, -0.2) is 4.98 Å². The predicted octanol–water partition coefficient (Wildman–Crippen LogP) is 11.2. The van der Waals surface area contributed by atoms with Crippen molar-refractivity contribution >= 4 is 0 Å². The van der Waals surface area contributed by atoms with E-state index in [9.17, 15) is 0 Å². The van der Waals surface area contributed by atoms with Crippen molar-refractivity contribution in [2.24, 2.45) is 5.41 Å². The highest BCUT2D eigenvalue weighted by Gasteiger charge is 2.57. The Kier molecular flexibility index (Phi) is 9.16. The van der Waals surface area contributed by atoms with Crippen molar-refractivity contribution in [3.8, 4) is 33.8 Å². The van der Waals surface area contributed by atoms with Gasteiger partial charge >= 0.3 is 0 Å². The van der Waals surface area contributed by atoms with Crippen LogP contribution in [0, 0.1) is 47.0 Å². The van der Waals surface area contributed by atoms with Crippen molar-refractivity contribution in [3.05, 3.63) is 118 Å². The van der Waals surface area contributed by atoms with E-state index in [2.05, 4.69) is 144 Å². The maximum absolute atomic E-state index is 6.68. The Morgan fingerprint density at radius 3 is 2.02 bits per heavy atom. The first-order chi connectivity index (χ1) is 22.0. The number of hydrogen-bond acceptors (Lipinski definition) is 4. The van der Waals surface area contributed by atoms with Crippen molar-refractivity contribution in [2.45, 2.75) is 107 Å². The summed E-state index contributed by atoms with van der Waals surface area (Å²) in [6, 6.07) is 17.6. The normalized spacial score (nSPS) is 19.8. The van der Waals surface area contributed by atoms with Gasteiger partial charge in [0, 0.05) is 34.4 Å². The summed E-state index contributed by atoms with van der Waals surface area (Å²) in [5.41, 5.74) is 13.2. The number of aryl methyl sites for hydroxylation is 6. The molecule has 0 saturated carbocycles. The highest BCUT2D eigenvalue weighted by atomic mass is 16.7. The van der Waals surface area contributed by atoms with Gasteiger partial charge in [-0.15, -0.1) is 0 Å². The predicted molar refractivity (Wildman–Crippen MR) is 197 cm³/mol. The van der Waals surface area contributed by atoms with E-state index in [0.29, 0.717) is 0 Å². The molecule has 0 fully saturated rings. The average Bonchev–Trinajstić information content (AvgIpc) is 2.95. The van der Waals surface area contributed by atoms with Gasteiger partial charge in [0.25, 0.3) is 0 Å². The van der Waals surface area contributed by atoms with Gasteiger partial charge in [0.05, 0.1) is 35.1 Å². The number of aromatic nitrogens is 2. The van der Waals surface area contributed by atoms with E-state index in [4.69, 9.17) is 19.4 Å². The van der Waals surface area contributed by atoms with Crippen LogP contribution in [0.5, 0.6) is 0 Å². The molecule has 0 amide bonds. The molecule has 2 heterocycles. The quantitative estimate of drug-likeness (QED) is 0.191. The van der Waals surface area contributed by atoms with Gasteiger partial charge in [-0.05, 0) is 109 Å². The lowest BCUT2D eigenvalue weighted by Gasteiger charge is -2.55. The molecule has 3 aromatic carbocycles. The Morgan fingerprint density at radius 1 is 0.809 bits per heavy atom. The van der Waals surface area contributed by atoms with Gasteiger partial charge in [-0.3, -0.25) is 4.98 Å². The molecule has 3 atom stereocenters. The summed E-state index contributed by atoms with van der Waals surface area (Å²) in [6.45, 7) is 28.1. The fourth-order valence-corrected chi connectivity index (χ4v) is 7.85. The van der Waals surface area contributed by atoms with E-state index in [1.165, 1.54) is 38.9 Å². The topological polar surface area (TPSA) is 44.2 Å². The highest BCUT2D eigenvalue weighted by Crippen LogP contribution is 2.56. The highest BCUT2D eigenvalue weighted by molar-refractivity contribution is 5.84. The molecule has 1 aliphatic rings. The van der Waals surface area contributed by atoms with E-state index in [-0.39, 0.29) is 6.10 Å². The molecule has 0 saturated heterocycles. The number of nitrogens with zero attached hydrogens (tertiary/aromatic N) is 2. The number of allylic oxidation sites excluding steroid dienone is 3. The number of rotatable bonds is 7. The molecule has 246 valence electrons. The van der Waals surface area contributed by atoms with Gasteiger partial charge < -0.3 is 9.47 Å². The Balaban J connectivity index is 1.86. The van der Waals surface area contributed by atoms with Crippen molar-refractivity contribution in [3.63, 3.8) is 0 Å². The van der Waals surface area contributed by atoms with Gasteiger partial charge in [-0.1, -0.05) is 79.9 Å². The second-order valence-electron chi connectivity index (χ2n) is 14.6. The SMILES string of the molecule is CC=CC(C)(c1c(C)cc(C)cc1-c1ncc(-c2c(C)cccc2C)nc1-c1cc(C)cc(C)c1)C(C)(C)C1(C)OC(C)=CC(C)O1. The van der Waals surface area contributed by atoms with Crippen LogP contribution in [0.3, 0.4) is 0 Å². The monoisotopic (exact) mass is 628 g/mol. The van der Waals surface area contributed by atoms with Crippen LogP contribution in [-0.4, -0.2) is 21.9 Å². The summed E-state index contributed by atoms with van der Waals surface area (Å²) >= 11 is 0. The minimum absolute atomic E-state index is 0.0686. The lowest BCUT2D eigenvalue weighted by molar-refractivity contribution is -0.296. The smallest absolute Gasteiger partial charge is 0.213 e. The van der Waals surface area contributed by atoms with Crippen LogP contribution >= 0.6 is 0 Å². The summed E-state index contributed by atoms with van der Waals surface area (Å²) in [5, 5.41) is 0. The molecule has 47 heavy (non-hydrogen) atoms. The largest absolute Gasteiger partial charge is 0.467 e. The fourth-order valence-electron chi connectivity index (χ4n) is 7.85. The number of ether oxygens (including phenoxy) is 2. The standard InChI is InChI=1S/C43H52N2O2/c1-14-18-42(12,41(10,11)43(13)46-32(8)24-33(9)47-43)38-31(7)20-28(4)23-35(38)40-39(34-21-26(2)19-27(3)22-34)45-36(25-44-40)37-29(5)16-15-17-30(37)6/h14-25,32H,1-13H3. The molecule has 1 aromatic heterocycles. The first kappa shape index (κ1) is 34.3. The Hall–Kier alpha value is -4.02. The van der Waals surface area contributed by atoms with Crippen molar-refractivity contribution in [2.75, 3.05) is 0 Å². The Labute approximate surface area is 283 Å². The van der Waals surface area contributed by atoms with E-state index in [1.807, 2.05) is 19.2 Å². The number of hydrogen-bond donors (Lipinski definition) is 0. The molecule has 1 aliphatic heterocycles. The van der Waals surface area contributed by atoms with Gasteiger partial charge in [0.2, 0.25) is 5.79 Å². The van der Waals surface area contributed by atoms with E-state index < -0.39 is 16.6 Å². The fraction of sp³-hybridized carbons (Fsp3) is 0.395. The zero-order valence-electron chi connectivity index (χ0n) is 30.7. The van der Waals surface area contributed by atoms with E-state index >= 15 is 0 Å². The summed E-state index contributed by atoms with van der Waals surface area (Å²) in [4.78, 5) is 10.8. The zero-order valence-corrected chi connectivity index (χ0v) is 30.7. The third-order valence-corrected chi connectivity index (χ3v) is 10.4. The summed E-state index contributed by atoms with van der Waals surface area (Å²) in [5.74, 6) is -0.0178. The van der Waals surface area contributed by atoms with Crippen LogP contribution in [0.4, 0.5) is 0 Å².